The molecule has 0 fully saturated rings. The molecule has 20 heteroatoms. The van der Waals surface area contributed by atoms with E-state index in [9.17, 15) is 40.8 Å². The molecular weight excluding hydrogens is 765 g/mol. The highest BCUT2D eigenvalue weighted by Gasteiger charge is 2.29. The Balaban J connectivity index is 1.41. The number of urea groups is 3. The molecule has 0 aliphatic rings. The lowest BCUT2D eigenvalue weighted by molar-refractivity contribution is -0.257. The van der Waals surface area contributed by atoms with Crippen molar-refractivity contribution >= 4 is 74.3 Å². The molecule has 4 aromatic rings. The zero-order valence-electron chi connectivity index (χ0n) is 28.8. The summed E-state index contributed by atoms with van der Waals surface area (Å²) in [5.74, 6) is -2.41. The molecule has 6 amide bonds. The minimum Gasteiger partial charge on any atom is -0.307 e. The van der Waals surface area contributed by atoms with E-state index in [1.165, 1.54) is 66.7 Å². The third kappa shape index (κ3) is 11.2. The number of benzene rings is 4. The van der Waals surface area contributed by atoms with Crippen LogP contribution in [-0.4, -0.2) is 62.9 Å². The minimum absolute atomic E-state index is 0.00380. The number of hydrogen-bond donors (Lipinski definition) is 5. The average Bonchev–Trinajstić information content (AvgIpc) is 3.11. The van der Waals surface area contributed by atoms with Crippen LogP contribution in [0.15, 0.2) is 107 Å². The first-order valence-electron chi connectivity index (χ1n) is 15.7. The predicted molar refractivity (Wildman–Crippen MR) is 198 cm³/mol. The lowest BCUT2D eigenvalue weighted by atomic mass is 10.2. The topological polar surface area (TPSA) is 227 Å². The van der Waals surface area contributed by atoms with Gasteiger partial charge in [0.15, 0.2) is 0 Å². The smallest absolute Gasteiger partial charge is 0.307 e. The van der Waals surface area contributed by atoms with Crippen LogP contribution in [0.5, 0.6) is 0 Å². The van der Waals surface area contributed by atoms with Gasteiger partial charge in [-0.05, 0) is 87.0 Å². The minimum atomic E-state index is -4.22. The van der Waals surface area contributed by atoms with Crippen LogP contribution < -0.4 is 20.1 Å². The van der Waals surface area contributed by atoms with E-state index in [-0.39, 0.29) is 44.1 Å². The maximum atomic E-state index is 13.1. The summed E-state index contributed by atoms with van der Waals surface area (Å²) >= 11 is 4.05. The monoisotopic (exact) mass is 798 g/mol. The molecule has 284 valence electrons. The van der Waals surface area contributed by atoms with Gasteiger partial charge in [-0.3, -0.25) is 14.0 Å². The van der Waals surface area contributed by atoms with E-state index in [1.54, 1.807) is 45.0 Å². The number of thiol groups is 1. The summed E-state index contributed by atoms with van der Waals surface area (Å²) in [6, 6.07) is 18.1. The van der Waals surface area contributed by atoms with Crippen molar-refractivity contribution in [1.82, 2.24) is 19.0 Å². The zero-order valence-corrected chi connectivity index (χ0v) is 31.3. The number of aryl methyl sites for hydroxylation is 2. The van der Waals surface area contributed by atoms with Gasteiger partial charge in [-0.1, -0.05) is 61.2 Å². The summed E-state index contributed by atoms with van der Waals surface area (Å²) in [6.45, 7) is 5.32. The van der Waals surface area contributed by atoms with Crippen molar-refractivity contribution in [2.24, 2.45) is 0 Å². The molecule has 17 nitrogen and oxygen atoms in total. The van der Waals surface area contributed by atoms with Crippen LogP contribution >= 0.6 is 12.8 Å². The third-order valence-corrected chi connectivity index (χ3v) is 10.1. The average molecular weight is 799 g/mol. The van der Waals surface area contributed by atoms with E-state index >= 15 is 0 Å². The molecule has 0 aliphatic carbocycles. The Morgan fingerprint density at radius 2 is 1.09 bits per heavy atom. The van der Waals surface area contributed by atoms with Gasteiger partial charge in [-0.2, -0.15) is 0 Å². The van der Waals surface area contributed by atoms with Crippen molar-refractivity contribution in [3.05, 3.63) is 119 Å². The Kier molecular flexibility index (Phi) is 13.2. The summed E-state index contributed by atoms with van der Waals surface area (Å²) in [4.78, 5) is 74.0. The van der Waals surface area contributed by atoms with Crippen LogP contribution in [0.1, 0.15) is 45.2 Å². The molecule has 4 N–H and O–H groups in total. The zero-order chi connectivity index (χ0) is 39.6. The van der Waals surface area contributed by atoms with Crippen LogP contribution in [0.3, 0.4) is 0 Å². The van der Waals surface area contributed by atoms with Gasteiger partial charge in [0.25, 0.3) is 20.0 Å². The Labute approximate surface area is 316 Å². The summed E-state index contributed by atoms with van der Waals surface area (Å²) < 4.78 is 54.7. The van der Waals surface area contributed by atoms with E-state index < -0.39 is 50.1 Å². The maximum Gasteiger partial charge on any atom is 0.401 e. The first-order valence-corrected chi connectivity index (χ1v) is 19.1. The predicted octanol–water partition coefficient (Wildman–Crippen LogP) is 5.15. The number of anilines is 2. The van der Waals surface area contributed by atoms with Gasteiger partial charge in [-0.25, -0.2) is 50.3 Å². The quantitative estimate of drug-likeness (QED) is 0.104. The number of nitrogens with zero attached hydrogens (tertiary/aromatic N) is 2. The Morgan fingerprint density at radius 3 is 1.57 bits per heavy atom. The number of carbonyl (C=O) groups is 5. The maximum absolute atomic E-state index is 13.1. The highest BCUT2D eigenvalue weighted by molar-refractivity contribution is 7.90. The molecule has 54 heavy (non-hydrogen) atoms. The first kappa shape index (κ1) is 40.6. The number of hydroxylamine groups is 2. The largest absolute Gasteiger partial charge is 0.401 e. The van der Waals surface area contributed by atoms with E-state index in [0.29, 0.717) is 6.42 Å². The Bertz CT molecular complexity index is 2250. The third-order valence-electron chi connectivity index (χ3n) is 7.00. The lowest BCUT2D eigenvalue weighted by Gasteiger charge is -2.23. The molecule has 0 aliphatic heterocycles. The number of sulfonamides is 2. The van der Waals surface area contributed by atoms with Crippen molar-refractivity contribution in [2.45, 2.75) is 37.0 Å². The Morgan fingerprint density at radius 1 is 0.630 bits per heavy atom. The Hall–Kier alpha value is -6.12. The summed E-state index contributed by atoms with van der Waals surface area (Å²) in [7, 11) is -8.40. The van der Waals surface area contributed by atoms with Gasteiger partial charge in [0.05, 0.1) is 20.9 Å². The summed E-state index contributed by atoms with van der Waals surface area (Å²) in [5.41, 5.74) is 1.26. The van der Waals surface area contributed by atoms with E-state index in [4.69, 9.17) is 9.68 Å². The first-order chi connectivity index (χ1) is 25.5. The second kappa shape index (κ2) is 17.6. The molecule has 4 rings (SSSR count). The molecule has 0 atom stereocenters. The molecule has 0 saturated heterocycles. The van der Waals surface area contributed by atoms with Crippen molar-refractivity contribution in [3.63, 3.8) is 0 Å². The van der Waals surface area contributed by atoms with E-state index in [0.717, 1.165) is 21.5 Å². The van der Waals surface area contributed by atoms with E-state index in [1.807, 2.05) is 9.44 Å². The van der Waals surface area contributed by atoms with Gasteiger partial charge < -0.3 is 10.6 Å². The van der Waals surface area contributed by atoms with Gasteiger partial charge in [-0.15, -0.1) is 0 Å². The molecule has 0 saturated carbocycles. The van der Waals surface area contributed by atoms with E-state index in [2.05, 4.69) is 23.4 Å². The van der Waals surface area contributed by atoms with Gasteiger partial charge in [0.2, 0.25) is 0 Å². The highest BCUT2D eigenvalue weighted by Crippen LogP contribution is 2.18. The van der Waals surface area contributed by atoms with Crippen LogP contribution in [0.4, 0.5) is 25.8 Å². The molecular formula is C34H34N6O11S3. The molecule has 0 unspecified atom stereocenters. The number of carbonyl (C=O) groups excluding carboxylic acids is 5. The number of amides is 6. The van der Waals surface area contributed by atoms with Crippen LogP contribution in [0.25, 0.3) is 0 Å². The molecule has 4 aromatic carbocycles. The van der Waals surface area contributed by atoms with Crippen molar-refractivity contribution < 1.29 is 50.5 Å². The van der Waals surface area contributed by atoms with Gasteiger partial charge in [0.1, 0.15) is 0 Å². The summed E-state index contributed by atoms with van der Waals surface area (Å²) in [5, 5.41) is 4.62. The standard InChI is InChI=1S/C34H34N6O11S3/c1-4-20-39(52)34(45)40(50-30(41)24-12-14-26(15-13-24)35-32(43)37-53(46,47)28-16-8-22(2)9-17-28)51-31(42)25-6-5-7-27(21-25)36-33(44)38-54(48,49)29-18-10-23(3)11-19-29/h5-19,21,52H,4,20H2,1-3H3,(H2,35,37,43)(H2,36,38,44). The lowest BCUT2D eigenvalue weighted by Crippen LogP contribution is -2.42. The highest BCUT2D eigenvalue weighted by atomic mass is 32.2. The second-order valence-electron chi connectivity index (χ2n) is 11.3. The number of nitrogens with one attached hydrogen (secondary N) is 4. The molecule has 0 spiro atoms. The number of hydrogen-bond acceptors (Lipinski definition) is 12. The fourth-order valence-corrected chi connectivity index (χ4v) is 6.37. The fraction of sp³-hybridized carbons (Fsp3) is 0.147. The molecule has 0 heterocycles. The van der Waals surface area contributed by atoms with Crippen molar-refractivity contribution in [3.8, 4) is 0 Å². The van der Waals surface area contributed by atoms with Crippen molar-refractivity contribution in [1.29, 1.82) is 0 Å². The SMILES string of the molecule is CCCN(S)C(=O)N(OC(=O)c1ccc(NC(=O)NS(=O)(=O)c2ccc(C)cc2)cc1)OC(=O)c1cccc(NC(=O)NS(=O)(=O)c2ccc(C)cc2)c1. The number of rotatable bonds is 10. The van der Waals surface area contributed by atoms with Crippen LogP contribution in [0.2, 0.25) is 0 Å². The fourth-order valence-electron chi connectivity index (χ4n) is 4.28. The van der Waals surface area contributed by atoms with Gasteiger partial charge >= 0.3 is 30.0 Å². The van der Waals surface area contributed by atoms with Crippen LogP contribution in [0, 0.1) is 13.8 Å². The van der Waals surface area contributed by atoms with Crippen molar-refractivity contribution in [2.75, 3.05) is 17.2 Å². The molecule has 0 aromatic heterocycles. The van der Waals surface area contributed by atoms with Gasteiger partial charge in [0, 0.05) is 23.1 Å². The summed E-state index contributed by atoms with van der Waals surface area (Å²) in [6.07, 6.45) is 0.425. The van der Waals surface area contributed by atoms with Crippen LogP contribution in [-0.2, 0) is 29.7 Å². The molecule has 0 radical (unpaired) electrons. The normalized spacial score (nSPS) is 11.0. The second-order valence-corrected chi connectivity index (χ2v) is 15.2. The molecule has 0 bridgehead atoms.